The van der Waals surface area contributed by atoms with Crippen LogP contribution in [0.1, 0.15) is 36.9 Å². The van der Waals surface area contributed by atoms with E-state index in [4.69, 9.17) is 17.2 Å². The van der Waals surface area contributed by atoms with Gasteiger partial charge in [0, 0.05) is 28.6 Å². The third-order valence-electron chi connectivity index (χ3n) is 5.60. The molecule has 1 aliphatic heterocycles. The molecule has 0 bridgehead atoms. The Morgan fingerprint density at radius 2 is 1.89 bits per heavy atom. The van der Waals surface area contributed by atoms with Crippen molar-refractivity contribution in [1.29, 1.82) is 0 Å². The Bertz CT molecular complexity index is 873. The number of hydrogen-bond acceptors (Lipinski definition) is 6. The molecule has 2 heterocycles. The first kappa shape index (κ1) is 19.8. The number of piperidine rings is 1. The fraction of sp³-hybridized carbons (Fsp3) is 0.381. The molecule has 1 fully saturated rings. The van der Waals surface area contributed by atoms with Gasteiger partial charge in [-0.25, -0.2) is 0 Å². The van der Waals surface area contributed by atoms with E-state index in [1.165, 1.54) is 0 Å². The van der Waals surface area contributed by atoms with Crippen LogP contribution in [0.2, 0.25) is 0 Å². The summed E-state index contributed by atoms with van der Waals surface area (Å²) in [4.78, 5) is 2.36. The van der Waals surface area contributed by atoms with E-state index < -0.39 is 0 Å². The summed E-state index contributed by atoms with van der Waals surface area (Å²) < 4.78 is 1.98. The SMILES string of the molecule is CC(C1CCN(C)CC1)n1cc(C(/C=C(\N)c2ccccc2O)=C(N)N)cn1. The predicted molar refractivity (Wildman–Crippen MR) is 113 cm³/mol. The van der Waals surface area contributed by atoms with E-state index in [2.05, 4.69) is 24.0 Å². The zero-order valence-corrected chi connectivity index (χ0v) is 16.5. The lowest BCUT2D eigenvalue weighted by Crippen LogP contribution is -2.33. The first-order valence-electron chi connectivity index (χ1n) is 9.60. The molecule has 2 aromatic rings. The van der Waals surface area contributed by atoms with Gasteiger partial charge in [0.15, 0.2) is 0 Å². The Hall–Kier alpha value is -2.93. The van der Waals surface area contributed by atoms with E-state index in [1.807, 2.05) is 16.9 Å². The van der Waals surface area contributed by atoms with Crippen LogP contribution in [0.3, 0.4) is 0 Å². The minimum absolute atomic E-state index is 0.109. The molecule has 0 amide bonds. The van der Waals surface area contributed by atoms with Crippen molar-refractivity contribution in [3.05, 3.63) is 59.7 Å². The van der Waals surface area contributed by atoms with Crippen LogP contribution in [-0.2, 0) is 0 Å². The second kappa shape index (κ2) is 8.39. The normalized spacial score (nSPS) is 17.4. The van der Waals surface area contributed by atoms with Gasteiger partial charge in [0.25, 0.3) is 0 Å². The number of phenolic OH excluding ortho intramolecular Hbond substituents is 1. The van der Waals surface area contributed by atoms with Gasteiger partial charge >= 0.3 is 0 Å². The van der Waals surface area contributed by atoms with Crippen LogP contribution in [0.5, 0.6) is 5.75 Å². The van der Waals surface area contributed by atoms with Crippen LogP contribution in [0.4, 0.5) is 0 Å². The molecule has 1 unspecified atom stereocenters. The Morgan fingerprint density at radius 3 is 2.54 bits per heavy atom. The summed E-state index contributed by atoms with van der Waals surface area (Å²) in [7, 11) is 2.16. The third-order valence-corrected chi connectivity index (χ3v) is 5.60. The number of nitrogens with zero attached hydrogens (tertiary/aromatic N) is 3. The predicted octanol–water partition coefficient (Wildman–Crippen LogP) is 2.08. The molecule has 0 radical (unpaired) electrons. The number of hydrogen-bond donors (Lipinski definition) is 4. The fourth-order valence-corrected chi connectivity index (χ4v) is 3.71. The molecule has 1 aromatic heterocycles. The Kier molecular flexibility index (Phi) is 5.94. The van der Waals surface area contributed by atoms with Gasteiger partial charge in [-0.1, -0.05) is 12.1 Å². The summed E-state index contributed by atoms with van der Waals surface area (Å²) >= 11 is 0. The topological polar surface area (TPSA) is 119 Å². The van der Waals surface area contributed by atoms with Crippen LogP contribution in [0, 0.1) is 5.92 Å². The molecule has 7 N–H and O–H groups in total. The molecule has 7 heteroatoms. The van der Waals surface area contributed by atoms with Crippen LogP contribution in [0.25, 0.3) is 11.3 Å². The first-order chi connectivity index (χ1) is 13.4. The van der Waals surface area contributed by atoms with E-state index in [0.29, 0.717) is 28.8 Å². The number of rotatable bonds is 5. The standard InChI is InChI=1S/C21H30N6O/c1-14(15-7-9-26(2)10-8-15)27-13-16(12-25-27)18(21(23)24)11-19(22)17-5-3-4-6-20(17)28/h3-6,11-15,28H,7-10,22-24H2,1-2H3/b19-11-. The van der Waals surface area contributed by atoms with Crippen LogP contribution < -0.4 is 17.2 Å². The second-order valence-corrected chi connectivity index (χ2v) is 7.58. The molecule has 7 nitrogen and oxygen atoms in total. The summed E-state index contributed by atoms with van der Waals surface area (Å²) in [6.45, 7) is 4.43. The first-order valence-corrected chi connectivity index (χ1v) is 9.60. The number of aromatic nitrogens is 2. The van der Waals surface area contributed by atoms with Gasteiger partial charge in [-0.15, -0.1) is 0 Å². The van der Waals surface area contributed by atoms with Crippen molar-refractivity contribution in [2.75, 3.05) is 20.1 Å². The summed E-state index contributed by atoms with van der Waals surface area (Å²) in [6, 6.07) is 7.19. The van der Waals surface area contributed by atoms with Crippen molar-refractivity contribution in [3.63, 3.8) is 0 Å². The van der Waals surface area contributed by atoms with Gasteiger partial charge in [-0.05, 0) is 64.0 Å². The molecule has 0 aliphatic carbocycles. The van der Waals surface area contributed by atoms with Crippen molar-refractivity contribution in [3.8, 4) is 5.75 Å². The van der Waals surface area contributed by atoms with E-state index in [1.54, 1.807) is 30.5 Å². The Morgan fingerprint density at radius 1 is 1.21 bits per heavy atom. The minimum Gasteiger partial charge on any atom is -0.507 e. The molecule has 1 atom stereocenters. The summed E-state index contributed by atoms with van der Waals surface area (Å²) in [6.07, 6.45) is 7.73. The lowest BCUT2D eigenvalue weighted by Gasteiger charge is -2.32. The highest BCUT2D eigenvalue weighted by molar-refractivity contribution is 5.84. The summed E-state index contributed by atoms with van der Waals surface area (Å²) in [5.41, 5.74) is 20.4. The molecule has 1 saturated heterocycles. The highest BCUT2D eigenvalue weighted by Crippen LogP contribution is 2.30. The smallest absolute Gasteiger partial charge is 0.124 e. The van der Waals surface area contributed by atoms with E-state index in [-0.39, 0.29) is 11.6 Å². The van der Waals surface area contributed by atoms with Crippen molar-refractivity contribution in [1.82, 2.24) is 14.7 Å². The van der Waals surface area contributed by atoms with Gasteiger partial charge in [0.2, 0.25) is 0 Å². The molecule has 0 spiro atoms. The van der Waals surface area contributed by atoms with Gasteiger partial charge in [0.05, 0.1) is 12.2 Å². The summed E-state index contributed by atoms with van der Waals surface area (Å²) in [5.74, 6) is 0.858. The average Bonchev–Trinajstić information content (AvgIpc) is 3.15. The highest BCUT2D eigenvalue weighted by Gasteiger charge is 2.24. The van der Waals surface area contributed by atoms with Gasteiger partial charge in [-0.3, -0.25) is 4.68 Å². The van der Waals surface area contributed by atoms with E-state index in [0.717, 1.165) is 31.5 Å². The molecular weight excluding hydrogens is 352 g/mol. The van der Waals surface area contributed by atoms with Gasteiger partial charge in [-0.2, -0.15) is 5.10 Å². The number of benzene rings is 1. The quantitative estimate of drug-likeness (QED) is 0.588. The maximum Gasteiger partial charge on any atom is 0.124 e. The number of nitrogens with two attached hydrogens (primary N) is 3. The van der Waals surface area contributed by atoms with Crippen LogP contribution >= 0.6 is 0 Å². The molecule has 28 heavy (non-hydrogen) atoms. The minimum atomic E-state index is 0.109. The van der Waals surface area contributed by atoms with Gasteiger partial charge in [0.1, 0.15) is 11.6 Å². The highest BCUT2D eigenvalue weighted by atomic mass is 16.3. The molecule has 1 aliphatic rings. The number of aromatic hydroxyl groups is 1. The lowest BCUT2D eigenvalue weighted by molar-refractivity contribution is 0.174. The third kappa shape index (κ3) is 4.31. The van der Waals surface area contributed by atoms with E-state index >= 15 is 0 Å². The van der Waals surface area contributed by atoms with E-state index in [9.17, 15) is 5.11 Å². The molecular formula is C21H30N6O. The van der Waals surface area contributed by atoms with Gasteiger partial charge < -0.3 is 27.2 Å². The Labute approximate surface area is 166 Å². The number of phenols is 1. The Balaban J connectivity index is 1.84. The lowest BCUT2D eigenvalue weighted by atomic mass is 9.90. The van der Waals surface area contributed by atoms with Crippen molar-refractivity contribution < 1.29 is 5.11 Å². The van der Waals surface area contributed by atoms with Crippen LogP contribution in [-0.4, -0.2) is 39.9 Å². The van der Waals surface area contributed by atoms with Crippen molar-refractivity contribution in [2.45, 2.75) is 25.8 Å². The number of likely N-dealkylation sites (tertiary alicyclic amines) is 1. The fourth-order valence-electron chi connectivity index (χ4n) is 3.71. The maximum atomic E-state index is 10.0. The maximum absolute atomic E-state index is 10.0. The van der Waals surface area contributed by atoms with Crippen LogP contribution in [0.15, 0.2) is 48.6 Å². The van der Waals surface area contributed by atoms with Crippen molar-refractivity contribution >= 4 is 11.3 Å². The second-order valence-electron chi connectivity index (χ2n) is 7.58. The molecule has 1 aromatic carbocycles. The molecule has 3 rings (SSSR count). The monoisotopic (exact) mass is 382 g/mol. The number of para-hydroxylation sites is 1. The largest absolute Gasteiger partial charge is 0.507 e. The molecule has 0 saturated carbocycles. The zero-order chi connectivity index (χ0) is 20.3. The number of allylic oxidation sites excluding steroid dienone is 2. The average molecular weight is 383 g/mol. The molecule has 150 valence electrons. The zero-order valence-electron chi connectivity index (χ0n) is 16.5. The summed E-state index contributed by atoms with van der Waals surface area (Å²) in [5, 5.41) is 14.6. The van der Waals surface area contributed by atoms with Crippen molar-refractivity contribution in [2.24, 2.45) is 23.1 Å².